The summed E-state index contributed by atoms with van der Waals surface area (Å²) in [5.74, 6) is 0. The van der Waals surface area contributed by atoms with Gasteiger partial charge in [-0.3, -0.25) is 0 Å². The molecule has 0 heterocycles. The summed E-state index contributed by atoms with van der Waals surface area (Å²) in [4.78, 5) is 2.12. The minimum atomic E-state index is 0.587. The molecule has 1 rings (SSSR count). The molecule has 2 N–H and O–H groups in total. The highest BCUT2D eigenvalue weighted by atomic mass is 15.1. The van der Waals surface area contributed by atoms with E-state index in [0.29, 0.717) is 6.04 Å². The molecule has 0 saturated heterocycles. The van der Waals surface area contributed by atoms with E-state index < -0.39 is 0 Å². The van der Waals surface area contributed by atoms with Crippen molar-refractivity contribution >= 4 is 5.69 Å². The van der Waals surface area contributed by atoms with Gasteiger partial charge < -0.3 is 15.5 Å². The quantitative estimate of drug-likeness (QED) is 0.692. The number of hydrogen-bond acceptors (Lipinski definition) is 3. The maximum atomic E-state index is 3.47. The van der Waals surface area contributed by atoms with Gasteiger partial charge in [0.2, 0.25) is 0 Å². The van der Waals surface area contributed by atoms with Crippen molar-refractivity contribution in [3.05, 3.63) is 29.8 Å². The van der Waals surface area contributed by atoms with Crippen LogP contribution in [0.2, 0.25) is 0 Å². The van der Waals surface area contributed by atoms with E-state index in [1.807, 2.05) is 0 Å². The molecule has 0 aromatic heterocycles. The highest BCUT2D eigenvalue weighted by Gasteiger charge is 1.96. The molecule has 0 fully saturated rings. The van der Waals surface area contributed by atoms with E-state index in [9.17, 15) is 0 Å². The predicted octanol–water partition coefficient (Wildman–Crippen LogP) is 2.23. The van der Waals surface area contributed by atoms with Crippen LogP contribution in [0.4, 0.5) is 5.69 Å². The molecule has 0 aliphatic carbocycles. The number of rotatable bonds is 8. The fourth-order valence-corrected chi connectivity index (χ4v) is 1.75. The fraction of sp³-hybridized carbons (Fsp3) is 0.600. The Balaban J connectivity index is 2.15. The number of hydrogen-bond donors (Lipinski definition) is 2. The maximum Gasteiger partial charge on any atom is 0.0361 e. The number of nitrogens with zero attached hydrogens (tertiary/aromatic N) is 1. The molecule has 0 atom stereocenters. The van der Waals surface area contributed by atoms with Gasteiger partial charge in [0, 0.05) is 32.4 Å². The van der Waals surface area contributed by atoms with Crippen LogP contribution in [-0.4, -0.2) is 33.2 Å². The van der Waals surface area contributed by atoms with Crippen LogP contribution in [0.1, 0.15) is 25.8 Å². The molecule has 102 valence electrons. The first-order valence-corrected chi connectivity index (χ1v) is 6.80. The summed E-state index contributed by atoms with van der Waals surface area (Å²) in [6, 6.07) is 9.29. The Morgan fingerprint density at radius 3 is 2.28 bits per heavy atom. The molecule has 1 aromatic rings. The second-order valence-electron chi connectivity index (χ2n) is 5.20. The summed E-state index contributed by atoms with van der Waals surface area (Å²) in [6.07, 6.45) is 1.17. The topological polar surface area (TPSA) is 27.3 Å². The second-order valence-corrected chi connectivity index (χ2v) is 5.20. The molecule has 0 aliphatic rings. The van der Waals surface area contributed by atoms with Crippen molar-refractivity contribution in [3.8, 4) is 0 Å². The Kier molecular flexibility index (Phi) is 6.76. The number of nitrogens with one attached hydrogen (secondary N) is 2. The van der Waals surface area contributed by atoms with Crippen LogP contribution in [0.15, 0.2) is 24.3 Å². The minimum Gasteiger partial charge on any atom is -0.378 e. The summed E-state index contributed by atoms with van der Waals surface area (Å²) >= 11 is 0. The van der Waals surface area contributed by atoms with Gasteiger partial charge in [0.15, 0.2) is 0 Å². The molecule has 0 saturated carbocycles. The van der Waals surface area contributed by atoms with E-state index >= 15 is 0 Å². The summed E-state index contributed by atoms with van der Waals surface area (Å²) < 4.78 is 0. The first-order valence-electron chi connectivity index (χ1n) is 6.80. The average molecular weight is 249 g/mol. The standard InChI is InChI=1S/C15H27N3/c1-13(2)17-11-5-10-16-12-14-6-8-15(9-7-14)18(3)4/h6-9,13,16-17H,5,10-12H2,1-4H3. The van der Waals surface area contributed by atoms with Crippen LogP contribution in [-0.2, 0) is 6.54 Å². The summed E-state index contributed by atoms with van der Waals surface area (Å²) in [5.41, 5.74) is 2.59. The smallest absolute Gasteiger partial charge is 0.0361 e. The number of anilines is 1. The molecular weight excluding hydrogens is 222 g/mol. The van der Waals surface area contributed by atoms with Crippen molar-refractivity contribution in [2.24, 2.45) is 0 Å². The first-order chi connectivity index (χ1) is 8.59. The van der Waals surface area contributed by atoms with Crippen molar-refractivity contribution in [2.75, 3.05) is 32.1 Å². The molecular formula is C15H27N3. The maximum absolute atomic E-state index is 3.47. The zero-order valence-corrected chi connectivity index (χ0v) is 12.2. The van der Waals surface area contributed by atoms with Gasteiger partial charge in [0.1, 0.15) is 0 Å². The van der Waals surface area contributed by atoms with E-state index in [4.69, 9.17) is 0 Å². The van der Waals surface area contributed by atoms with E-state index in [1.54, 1.807) is 0 Å². The van der Waals surface area contributed by atoms with Gasteiger partial charge in [-0.2, -0.15) is 0 Å². The molecule has 3 nitrogen and oxygen atoms in total. The third-order valence-electron chi connectivity index (χ3n) is 2.86. The third-order valence-corrected chi connectivity index (χ3v) is 2.86. The highest BCUT2D eigenvalue weighted by Crippen LogP contribution is 2.11. The third kappa shape index (κ3) is 6.03. The normalized spacial score (nSPS) is 10.9. The van der Waals surface area contributed by atoms with E-state index in [1.165, 1.54) is 17.7 Å². The predicted molar refractivity (Wildman–Crippen MR) is 80.2 cm³/mol. The van der Waals surface area contributed by atoms with Gasteiger partial charge in [-0.25, -0.2) is 0 Å². The van der Waals surface area contributed by atoms with Gasteiger partial charge in [0.25, 0.3) is 0 Å². The van der Waals surface area contributed by atoms with Gasteiger partial charge >= 0.3 is 0 Å². The SMILES string of the molecule is CC(C)NCCCNCc1ccc(N(C)C)cc1. The van der Waals surface area contributed by atoms with E-state index in [2.05, 4.69) is 67.7 Å². The molecule has 1 aromatic carbocycles. The second kappa shape index (κ2) is 8.11. The molecule has 0 bridgehead atoms. The van der Waals surface area contributed by atoms with Crippen LogP contribution in [0.5, 0.6) is 0 Å². The summed E-state index contributed by atoms with van der Waals surface area (Å²) in [6.45, 7) is 7.47. The van der Waals surface area contributed by atoms with Crippen molar-refractivity contribution < 1.29 is 0 Å². The van der Waals surface area contributed by atoms with Crippen molar-refractivity contribution in [1.82, 2.24) is 10.6 Å². The van der Waals surface area contributed by atoms with Crippen molar-refractivity contribution in [1.29, 1.82) is 0 Å². The number of benzene rings is 1. The molecule has 0 aliphatic heterocycles. The van der Waals surface area contributed by atoms with Crippen molar-refractivity contribution in [2.45, 2.75) is 32.9 Å². The van der Waals surface area contributed by atoms with Gasteiger partial charge in [-0.05, 0) is 37.2 Å². The van der Waals surface area contributed by atoms with Gasteiger partial charge in [-0.1, -0.05) is 26.0 Å². The van der Waals surface area contributed by atoms with Crippen molar-refractivity contribution in [3.63, 3.8) is 0 Å². The molecule has 0 unspecified atom stereocenters. The lowest BCUT2D eigenvalue weighted by atomic mass is 10.2. The molecule has 0 radical (unpaired) electrons. The highest BCUT2D eigenvalue weighted by molar-refractivity contribution is 5.45. The van der Waals surface area contributed by atoms with Gasteiger partial charge in [0.05, 0.1) is 0 Å². The Hall–Kier alpha value is -1.06. The fourth-order valence-electron chi connectivity index (χ4n) is 1.75. The minimum absolute atomic E-state index is 0.587. The zero-order valence-electron chi connectivity index (χ0n) is 12.2. The summed E-state index contributed by atoms with van der Waals surface area (Å²) in [5, 5.41) is 6.89. The lowest BCUT2D eigenvalue weighted by Gasteiger charge is -2.13. The van der Waals surface area contributed by atoms with Crippen LogP contribution >= 0.6 is 0 Å². The largest absolute Gasteiger partial charge is 0.378 e. The zero-order chi connectivity index (χ0) is 13.4. The summed E-state index contributed by atoms with van der Waals surface area (Å²) in [7, 11) is 4.13. The van der Waals surface area contributed by atoms with E-state index in [-0.39, 0.29) is 0 Å². The monoisotopic (exact) mass is 249 g/mol. The van der Waals surface area contributed by atoms with Crippen LogP contribution in [0.25, 0.3) is 0 Å². The Morgan fingerprint density at radius 1 is 1.06 bits per heavy atom. The lowest BCUT2D eigenvalue weighted by Crippen LogP contribution is -2.26. The Morgan fingerprint density at radius 2 is 1.72 bits per heavy atom. The van der Waals surface area contributed by atoms with Gasteiger partial charge in [-0.15, -0.1) is 0 Å². The van der Waals surface area contributed by atoms with Crippen LogP contribution in [0, 0.1) is 0 Å². The molecule has 0 amide bonds. The molecule has 18 heavy (non-hydrogen) atoms. The lowest BCUT2D eigenvalue weighted by molar-refractivity contribution is 0.547. The average Bonchev–Trinajstić information content (AvgIpc) is 2.34. The van der Waals surface area contributed by atoms with Crippen LogP contribution in [0.3, 0.4) is 0 Å². The Bertz CT molecular complexity index is 317. The Labute approximate surface area is 112 Å². The van der Waals surface area contributed by atoms with Crippen LogP contribution < -0.4 is 15.5 Å². The first kappa shape index (κ1) is 15.0. The van der Waals surface area contributed by atoms with E-state index in [0.717, 1.165) is 19.6 Å². The molecule has 0 spiro atoms. The molecule has 3 heteroatoms.